The Labute approximate surface area is 141 Å². The summed E-state index contributed by atoms with van der Waals surface area (Å²) in [5.74, 6) is -0.270. The molecule has 0 unspecified atom stereocenters. The van der Waals surface area contributed by atoms with Crippen LogP contribution in [-0.4, -0.2) is 15.4 Å². The predicted octanol–water partition coefficient (Wildman–Crippen LogP) is 4.15. The second-order valence-electron chi connectivity index (χ2n) is 5.09. The highest BCUT2D eigenvalue weighted by Gasteiger charge is 2.68. The normalized spacial score (nSPS) is 23.1. The van der Waals surface area contributed by atoms with E-state index in [0.717, 1.165) is 15.7 Å². The largest absolute Gasteiger partial charge is 0.332 e. The summed E-state index contributed by atoms with van der Waals surface area (Å²) in [5, 5.41) is 5.81. The number of hydrogen-bond donors (Lipinski definition) is 2. The van der Waals surface area contributed by atoms with Crippen molar-refractivity contribution in [3.8, 4) is 0 Å². The molecule has 3 nitrogen and oxygen atoms in total. The summed E-state index contributed by atoms with van der Waals surface area (Å²) in [5.41, 5.74) is 1.09. The molecular formula is C13H13BrCl2N2OS. The van der Waals surface area contributed by atoms with E-state index in [0.29, 0.717) is 6.42 Å². The Morgan fingerprint density at radius 1 is 1.45 bits per heavy atom. The number of amides is 1. The van der Waals surface area contributed by atoms with Crippen molar-refractivity contribution in [2.45, 2.75) is 24.6 Å². The summed E-state index contributed by atoms with van der Waals surface area (Å²) in [6.07, 6.45) is 0.426. The van der Waals surface area contributed by atoms with Crippen molar-refractivity contribution in [1.82, 2.24) is 5.32 Å². The molecule has 0 bridgehead atoms. The lowest BCUT2D eigenvalue weighted by molar-refractivity contribution is -0.124. The molecule has 20 heavy (non-hydrogen) atoms. The Balaban J connectivity index is 1.96. The average molecular weight is 396 g/mol. The third kappa shape index (κ3) is 3.11. The molecule has 1 atom stereocenters. The lowest BCUT2D eigenvalue weighted by Crippen LogP contribution is -2.40. The quantitative estimate of drug-likeness (QED) is 0.583. The fraction of sp³-hybridized carbons (Fsp3) is 0.385. The van der Waals surface area contributed by atoms with Crippen molar-refractivity contribution in [3.63, 3.8) is 0 Å². The summed E-state index contributed by atoms with van der Waals surface area (Å²) in [4.78, 5) is 12.0. The number of nitrogens with one attached hydrogen (secondary N) is 2. The van der Waals surface area contributed by atoms with E-state index in [1.54, 1.807) is 6.92 Å². The molecule has 2 N–H and O–H groups in total. The molecule has 1 aromatic rings. The van der Waals surface area contributed by atoms with Crippen LogP contribution in [0.3, 0.4) is 0 Å². The van der Waals surface area contributed by atoms with Crippen molar-refractivity contribution in [2.24, 2.45) is 5.41 Å². The molecule has 1 fully saturated rings. The van der Waals surface area contributed by atoms with Crippen molar-refractivity contribution in [1.29, 1.82) is 0 Å². The Morgan fingerprint density at radius 2 is 2.05 bits per heavy atom. The topological polar surface area (TPSA) is 41.1 Å². The minimum atomic E-state index is -0.999. The van der Waals surface area contributed by atoms with E-state index in [1.165, 1.54) is 0 Å². The van der Waals surface area contributed by atoms with Gasteiger partial charge in [-0.25, -0.2) is 0 Å². The van der Waals surface area contributed by atoms with Crippen LogP contribution < -0.4 is 10.6 Å². The third-order valence-electron chi connectivity index (χ3n) is 3.40. The SMILES string of the molecule is Cc1cc(NC(=S)NC(=O)[C@@]2(C)CC2(Cl)Cl)ccc1Br. The van der Waals surface area contributed by atoms with Gasteiger partial charge in [-0.1, -0.05) is 15.9 Å². The van der Waals surface area contributed by atoms with Gasteiger partial charge >= 0.3 is 0 Å². The number of halogens is 3. The number of hydrogen-bond acceptors (Lipinski definition) is 2. The van der Waals surface area contributed by atoms with E-state index < -0.39 is 9.75 Å². The maximum absolute atomic E-state index is 12.0. The summed E-state index contributed by atoms with van der Waals surface area (Å²) < 4.78 is 0.0125. The van der Waals surface area contributed by atoms with E-state index >= 15 is 0 Å². The molecule has 0 aromatic heterocycles. The lowest BCUT2D eigenvalue weighted by Gasteiger charge is -2.14. The van der Waals surface area contributed by atoms with E-state index in [9.17, 15) is 4.79 Å². The Morgan fingerprint density at radius 3 is 2.55 bits per heavy atom. The number of anilines is 1. The number of carbonyl (C=O) groups excluding carboxylic acids is 1. The first-order valence-corrected chi connectivity index (χ1v) is 7.88. The van der Waals surface area contributed by atoms with Gasteiger partial charge in [-0.15, -0.1) is 23.2 Å². The molecule has 108 valence electrons. The van der Waals surface area contributed by atoms with Crippen LogP contribution >= 0.6 is 51.3 Å². The van der Waals surface area contributed by atoms with Crippen LogP contribution in [0.2, 0.25) is 0 Å². The zero-order chi connectivity index (χ0) is 15.1. The fourth-order valence-electron chi connectivity index (χ4n) is 1.77. The first kappa shape index (κ1) is 16.0. The van der Waals surface area contributed by atoms with Crippen LogP contribution in [0.15, 0.2) is 22.7 Å². The van der Waals surface area contributed by atoms with E-state index in [-0.39, 0.29) is 11.0 Å². The monoisotopic (exact) mass is 394 g/mol. The van der Waals surface area contributed by atoms with Crippen LogP contribution in [0, 0.1) is 12.3 Å². The van der Waals surface area contributed by atoms with Crippen molar-refractivity contribution >= 4 is 68.1 Å². The highest BCUT2D eigenvalue weighted by atomic mass is 79.9. The van der Waals surface area contributed by atoms with Crippen LogP contribution in [0.1, 0.15) is 18.9 Å². The molecule has 1 aliphatic rings. The van der Waals surface area contributed by atoms with Crippen LogP contribution in [0.4, 0.5) is 5.69 Å². The zero-order valence-electron chi connectivity index (χ0n) is 10.9. The van der Waals surface area contributed by atoms with Gasteiger partial charge < -0.3 is 10.6 Å². The van der Waals surface area contributed by atoms with Crippen molar-refractivity contribution in [2.75, 3.05) is 5.32 Å². The minimum absolute atomic E-state index is 0.231. The summed E-state index contributed by atoms with van der Waals surface area (Å²) in [6, 6.07) is 5.70. The standard InChI is InChI=1S/C13H13BrCl2N2OS/c1-7-5-8(3-4-9(7)14)17-11(20)18-10(19)12(2)6-13(12,15)16/h3-5H,6H2,1-2H3,(H2,17,18,19,20)/t12-/m1/s1. The van der Waals surface area contributed by atoms with Crippen LogP contribution in [-0.2, 0) is 4.79 Å². The molecule has 2 rings (SSSR count). The maximum Gasteiger partial charge on any atom is 0.235 e. The molecule has 0 aliphatic heterocycles. The number of thiocarbonyl (C=S) groups is 1. The average Bonchev–Trinajstić information content (AvgIpc) is 2.85. The molecule has 1 saturated carbocycles. The van der Waals surface area contributed by atoms with Gasteiger partial charge in [-0.2, -0.15) is 0 Å². The molecule has 1 amide bonds. The van der Waals surface area contributed by atoms with E-state index in [1.807, 2.05) is 25.1 Å². The molecule has 1 aromatic carbocycles. The molecule has 1 aliphatic carbocycles. The second-order valence-corrected chi connectivity index (χ2v) is 7.83. The number of benzene rings is 1. The number of rotatable bonds is 2. The van der Waals surface area contributed by atoms with Crippen molar-refractivity contribution in [3.05, 3.63) is 28.2 Å². The van der Waals surface area contributed by atoms with Gasteiger partial charge in [0.25, 0.3) is 0 Å². The number of alkyl halides is 2. The Kier molecular flexibility index (Phi) is 4.36. The highest BCUT2D eigenvalue weighted by molar-refractivity contribution is 9.10. The van der Waals surface area contributed by atoms with Gasteiger partial charge in [0.05, 0.1) is 5.41 Å². The number of carbonyl (C=O) groups is 1. The van der Waals surface area contributed by atoms with Gasteiger partial charge in [0, 0.05) is 10.2 Å². The highest BCUT2D eigenvalue weighted by Crippen LogP contribution is 2.63. The minimum Gasteiger partial charge on any atom is -0.332 e. The summed E-state index contributed by atoms with van der Waals surface area (Å²) >= 11 is 20.5. The van der Waals surface area contributed by atoms with Gasteiger partial charge in [0.2, 0.25) is 5.91 Å². The number of aryl methyl sites for hydroxylation is 1. The fourth-order valence-corrected chi connectivity index (χ4v) is 2.94. The van der Waals surface area contributed by atoms with Gasteiger partial charge in [0.1, 0.15) is 4.33 Å². The Bertz CT molecular complexity index is 594. The molecule has 7 heteroatoms. The molecule has 0 radical (unpaired) electrons. The zero-order valence-corrected chi connectivity index (χ0v) is 14.8. The van der Waals surface area contributed by atoms with Crippen molar-refractivity contribution < 1.29 is 4.79 Å². The first-order chi connectivity index (χ1) is 9.15. The molecule has 0 saturated heterocycles. The van der Waals surface area contributed by atoms with Gasteiger partial charge in [-0.3, -0.25) is 4.79 Å². The molecular weight excluding hydrogens is 383 g/mol. The summed E-state index contributed by atoms with van der Waals surface area (Å²) in [6.45, 7) is 3.69. The predicted molar refractivity (Wildman–Crippen MR) is 90.4 cm³/mol. The van der Waals surface area contributed by atoms with Gasteiger partial charge in [0.15, 0.2) is 5.11 Å². The van der Waals surface area contributed by atoms with E-state index in [2.05, 4.69) is 26.6 Å². The molecule has 0 spiro atoms. The second kappa shape index (κ2) is 5.44. The third-order valence-corrected chi connectivity index (χ3v) is 5.60. The Hall–Kier alpha value is -0.360. The van der Waals surface area contributed by atoms with E-state index in [4.69, 9.17) is 35.4 Å². The van der Waals surface area contributed by atoms with Crippen LogP contribution in [0.5, 0.6) is 0 Å². The summed E-state index contributed by atoms with van der Waals surface area (Å²) in [7, 11) is 0. The maximum atomic E-state index is 12.0. The lowest BCUT2D eigenvalue weighted by atomic mass is 10.1. The first-order valence-electron chi connectivity index (χ1n) is 5.92. The van der Waals surface area contributed by atoms with Crippen LogP contribution in [0.25, 0.3) is 0 Å². The van der Waals surface area contributed by atoms with Gasteiger partial charge in [-0.05, 0) is 56.2 Å². The smallest absolute Gasteiger partial charge is 0.235 e. The molecule has 0 heterocycles.